The topological polar surface area (TPSA) is 49.6 Å². The first-order valence-corrected chi connectivity index (χ1v) is 9.31. The molecule has 1 aliphatic carbocycles. The molecule has 2 aliphatic heterocycles. The minimum atomic E-state index is -0.625. The zero-order chi connectivity index (χ0) is 15.7. The van der Waals surface area contributed by atoms with Crippen LogP contribution in [0.4, 0.5) is 0 Å². The Morgan fingerprint density at radius 1 is 1.14 bits per heavy atom. The van der Waals surface area contributed by atoms with Gasteiger partial charge in [-0.05, 0) is 70.8 Å². The smallest absolute Gasteiger partial charge is 0.242 e. The average Bonchev–Trinajstić information content (AvgIpc) is 3.34. The van der Waals surface area contributed by atoms with E-state index < -0.39 is 5.54 Å². The third-order valence-electron chi connectivity index (χ3n) is 6.13. The number of hydrogen-bond acceptors (Lipinski definition) is 3. The molecule has 3 fully saturated rings. The number of likely N-dealkylation sites (tertiary alicyclic amines) is 2. The SMILES string of the molecule is C[C@@H]1CCCCN1C[C@@H]1CCCN(C(=O)[C@](C)(N)C2CC2)C1. The molecule has 0 aromatic carbocycles. The van der Waals surface area contributed by atoms with Crippen molar-refractivity contribution in [1.29, 1.82) is 0 Å². The number of nitrogens with zero attached hydrogens (tertiary/aromatic N) is 2. The molecular weight excluding hydrogens is 274 g/mol. The van der Waals surface area contributed by atoms with Gasteiger partial charge in [0.1, 0.15) is 0 Å². The fourth-order valence-corrected chi connectivity index (χ4v) is 4.36. The molecule has 22 heavy (non-hydrogen) atoms. The largest absolute Gasteiger partial charge is 0.341 e. The van der Waals surface area contributed by atoms with Crippen LogP contribution in [0.15, 0.2) is 0 Å². The number of amides is 1. The molecule has 0 bridgehead atoms. The highest BCUT2D eigenvalue weighted by atomic mass is 16.2. The van der Waals surface area contributed by atoms with Gasteiger partial charge in [-0.15, -0.1) is 0 Å². The zero-order valence-corrected chi connectivity index (χ0v) is 14.4. The van der Waals surface area contributed by atoms with Gasteiger partial charge in [-0.25, -0.2) is 0 Å². The Morgan fingerprint density at radius 2 is 1.91 bits per heavy atom. The fourth-order valence-electron chi connectivity index (χ4n) is 4.36. The zero-order valence-electron chi connectivity index (χ0n) is 14.4. The van der Waals surface area contributed by atoms with Crippen molar-refractivity contribution in [1.82, 2.24) is 9.80 Å². The van der Waals surface area contributed by atoms with Crippen LogP contribution in [0.1, 0.15) is 58.8 Å². The second-order valence-corrected chi connectivity index (χ2v) is 8.16. The molecule has 2 saturated heterocycles. The van der Waals surface area contributed by atoms with Crippen molar-refractivity contribution in [3.63, 3.8) is 0 Å². The lowest BCUT2D eigenvalue weighted by molar-refractivity contribution is -0.139. The molecule has 4 heteroatoms. The molecule has 0 aromatic rings. The maximum absolute atomic E-state index is 12.8. The van der Waals surface area contributed by atoms with Crippen molar-refractivity contribution in [3.8, 4) is 0 Å². The first kappa shape index (κ1) is 16.3. The Morgan fingerprint density at radius 3 is 2.59 bits per heavy atom. The fraction of sp³-hybridized carbons (Fsp3) is 0.944. The number of piperidine rings is 2. The van der Waals surface area contributed by atoms with Crippen molar-refractivity contribution >= 4 is 5.91 Å². The van der Waals surface area contributed by atoms with Gasteiger partial charge >= 0.3 is 0 Å². The van der Waals surface area contributed by atoms with Gasteiger partial charge in [0.2, 0.25) is 5.91 Å². The highest BCUT2D eigenvalue weighted by Gasteiger charge is 2.46. The first-order valence-electron chi connectivity index (χ1n) is 9.31. The van der Waals surface area contributed by atoms with E-state index in [1.54, 1.807) is 0 Å². The van der Waals surface area contributed by atoms with Gasteiger partial charge in [-0.2, -0.15) is 0 Å². The van der Waals surface area contributed by atoms with Crippen LogP contribution in [0.3, 0.4) is 0 Å². The molecule has 3 rings (SSSR count). The Bertz CT molecular complexity index is 405. The maximum atomic E-state index is 12.8. The van der Waals surface area contributed by atoms with Crippen LogP contribution >= 0.6 is 0 Å². The molecular formula is C18H33N3O. The van der Waals surface area contributed by atoms with Crippen LogP contribution in [0.5, 0.6) is 0 Å². The molecule has 3 atom stereocenters. The van der Waals surface area contributed by atoms with Crippen LogP contribution < -0.4 is 5.73 Å². The lowest BCUT2D eigenvalue weighted by Gasteiger charge is -2.41. The lowest BCUT2D eigenvalue weighted by atomic mass is 9.91. The second-order valence-electron chi connectivity index (χ2n) is 8.16. The minimum absolute atomic E-state index is 0.200. The standard InChI is InChI=1S/C18H33N3O/c1-14-6-3-4-10-20(14)12-15-7-5-11-21(13-15)17(22)18(2,19)16-8-9-16/h14-16H,3-13,19H2,1-2H3/t14-,15+,18-/m1/s1. The van der Waals surface area contributed by atoms with Crippen LogP contribution in [0, 0.1) is 11.8 Å². The number of carbonyl (C=O) groups is 1. The van der Waals surface area contributed by atoms with Crippen molar-refractivity contribution in [2.45, 2.75) is 70.4 Å². The van der Waals surface area contributed by atoms with Crippen molar-refractivity contribution < 1.29 is 4.79 Å². The summed E-state index contributed by atoms with van der Waals surface area (Å²) in [6.45, 7) is 8.53. The molecule has 0 unspecified atom stereocenters. The Hall–Kier alpha value is -0.610. The normalized spacial score (nSPS) is 33.5. The molecule has 2 heterocycles. The third kappa shape index (κ3) is 3.48. The van der Waals surface area contributed by atoms with E-state index >= 15 is 0 Å². The van der Waals surface area contributed by atoms with E-state index in [2.05, 4.69) is 16.7 Å². The average molecular weight is 307 g/mol. The Kier molecular flexibility index (Phi) is 4.79. The molecule has 0 aromatic heterocycles. The monoisotopic (exact) mass is 307 g/mol. The summed E-state index contributed by atoms with van der Waals surface area (Å²) < 4.78 is 0. The van der Waals surface area contributed by atoms with Crippen molar-refractivity contribution in [2.75, 3.05) is 26.2 Å². The Balaban J connectivity index is 1.55. The van der Waals surface area contributed by atoms with E-state index in [0.29, 0.717) is 17.9 Å². The summed E-state index contributed by atoms with van der Waals surface area (Å²) in [5.41, 5.74) is 5.72. The number of hydrogen-bond donors (Lipinski definition) is 1. The predicted octanol–water partition coefficient (Wildman–Crippen LogP) is 2.23. The van der Waals surface area contributed by atoms with E-state index in [-0.39, 0.29) is 5.91 Å². The van der Waals surface area contributed by atoms with E-state index in [0.717, 1.165) is 38.9 Å². The van der Waals surface area contributed by atoms with Crippen LogP contribution in [-0.2, 0) is 4.79 Å². The molecule has 0 spiro atoms. The summed E-state index contributed by atoms with van der Waals surface area (Å²) in [5, 5.41) is 0. The summed E-state index contributed by atoms with van der Waals surface area (Å²) in [7, 11) is 0. The van der Waals surface area contributed by atoms with Gasteiger partial charge in [-0.1, -0.05) is 6.42 Å². The van der Waals surface area contributed by atoms with Crippen molar-refractivity contribution in [2.24, 2.45) is 17.6 Å². The highest BCUT2D eigenvalue weighted by Crippen LogP contribution is 2.39. The Labute approximate surface area is 135 Å². The molecule has 0 radical (unpaired) electrons. The van der Waals surface area contributed by atoms with Gasteiger partial charge in [0.25, 0.3) is 0 Å². The molecule has 126 valence electrons. The van der Waals surface area contributed by atoms with Gasteiger partial charge in [0, 0.05) is 25.7 Å². The summed E-state index contributed by atoms with van der Waals surface area (Å²) in [6, 6.07) is 0.714. The lowest BCUT2D eigenvalue weighted by Crippen LogP contribution is -2.57. The number of carbonyl (C=O) groups excluding carboxylic acids is 1. The van der Waals surface area contributed by atoms with Crippen LogP contribution in [0.25, 0.3) is 0 Å². The molecule has 1 saturated carbocycles. The van der Waals surface area contributed by atoms with E-state index in [4.69, 9.17) is 5.73 Å². The van der Waals surface area contributed by atoms with Crippen LogP contribution in [0.2, 0.25) is 0 Å². The van der Waals surface area contributed by atoms with E-state index in [1.807, 2.05) is 6.92 Å². The van der Waals surface area contributed by atoms with Crippen LogP contribution in [-0.4, -0.2) is 53.5 Å². The van der Waals surface area contributed by atoms with Gasteiger partial charge in [0.05, 0.1) is 5.54 Å². The number of rotatable bonds is 4. The van der Waals surface area contributed by atoms with Gasteiger partial charge in [0.15, 0.2) is 0 Å². The quantitative estimate of drug-likeness (QED) is 0.866. The van der Waals surface area contributed by atoms with Crippen molar-refractivity contribution in [3.05, 3.63) is 0 Å². The maximum Gasteiger partial charge on any atom is 0.242 e. The summed E-state index contributed by atoms with van der Waals surface area (Å²) in [6.07, 6.45) is 8.69. The third-order valence-corrected chi connectivity index (χ3v) is 6.13. The van der Waals surface area contributed by atoms with E-state index in [9.17, 15) is 4.79 Å². The minimum Gasteiger partial charge on any atom is -0.341 e. The summed E-state index contributed by atoms with van der Waals surface area (Å²) in [5.74, 6) is 1.25. The molecule has 1 amide bonds. The summed E-state index contributed by atoms with van der Waals surface area (Å²) >= 11 is 0. The van der Waals surface area contributed by atoms with Gasteiger partial charge < -0.3 is 15.5 Å². The summed E-state index contributed by atoms with van der Waals surface area (Å²) in [4.78, 5) is 17.5. The first-order chi connectivity index (χ1) is 10.5. The highest BCUT2D eigenvalue weighted by molar-refractivity contribution is 5.86. The number of nitrogens with two attached hydrogens (primary N) is 1. The molecule has 2 N–H and O–H groups in total. The molecule has 3 aliphatic rings. The molecule has 4 nitrogen and oxygen atoms in total. The predicted molar refractivity (Wildman–Crippen MR) is 89.5 cm³/mol. The van der Waals surface area contributed by atoms with E-state index in [1.165, 1.54) is 32.2 Å². The van der Waals surface area contributed by atoms with Gasteiger partial charge in [-0.3, -0.25) is 4.79 Å². The second kappa shape index (κ2) is 6.48.